The molecule has 0 bridgehead atoms. The number of carbonyl (C=O) groups is 4. The van der Waals surface area contributed by atoms with Gasteiger partial charge in [0.25, 0.3) is 0 Å². The number of esters is 1. The SMILES string of the molecule is C[C@]12CCC(=O)C=C1CC[C@@H]1[C@@H]2[C@H](O)C[C@@]2(C)[C@H]1CC[C@@]2(O)C(=O)COC(=O)CCC(=O)O. The number of ketones is 2. The summed E-state index contributed by atoms with van der Waals surface area (Å²) in [5.41, 5.74) is -1.68. The fourth-order valence-electron chi connectivity index (χ4n) is 7.70. The van der Waals surface area contributed by atoms with Crippen LogP contribution in [0.4, 0.5) is 0 Å². The summed E-state index contributed by atoms with van der Waals surface area (Å²) in [6.45, 7) is 3.41. The first-order chi connectivity index (χ1) is 15.4. The van der Waals surface area contributed by atoms with Crippen LogP contribution in [-0.4, -0.2) is 57.1 Å². The van der Waals surface area contributed by atoms with E-state index >= 15 is 0 Å². The quantitative estimate of drug-likeness (QED) is 0.511. The number of hydrogen-bond acceptors (Lipinski definition) is 7. The van der Waals surface area contributed by atoms with E-state index in [4.69, 9.17) is 9.84 Å². The molecule has 0 aromatic rings. The molecule has 8 nitrogen and oxygen atoms in total. The topological polar surface area (TPSA) is 138 Å². The predicted molar refractivity (Wildman–Crippen MR) is 116 cm³/mol. The number of ether oxygens (including phenoxy) is 1. The van der Waals surface area contributed by atoms with Crippen LogP contribution in [0.2, 0.25) is 0 Å². The Labute approximate surface area is 193 Å². The maximum atomic E-state index is 13.1. The van der Waals surface area contributed by atoms with Crippen LogP contribution in [0.25, 0.3) is 0 Å². The van der Waals surface area contributed by atoms with Gasteiger partial charge >= 0.3 is 11.9 Å². The minimum atomic E-state index is -1.71. The van der Waals surface area contributed by atoms with Crippen molar-refractivity contribution in [2.24, 2.45) is 28.6 Å². The van der Waals surface area contributed by atoms with Crippen LogP contribution in [-0.2, 0) is 23.9 Å². The van der Waals surface area contributed by atoms with Gasteiger partial charge in [-0.1, -0.05) is 19.4 Å². The van der Waals surface area contributed by atoms with Gasteiger partial charge in [0, 0.05) is 11.8 Å². The second-order valence-corrected chi connectivity index (χ2v) is 11.0. The van der Waals surface area contributed by atoms with Crippen LogP contribution in [0, 0.1) is 28.6 Å². The summed E-state index contributed by atoms with van der Waals surface area (Å²) in [6, 6.07) is 0. The molecule has 3 N–H and O–H groups in total. The van der Waals surface area contributed by atoms with Crippen LogP contribution in [0.1, 0.15) is 71.6 Å². The van der Waals surface area contributed by atoms with Gasteiger partial charge in [-0.2, -0.15) is 0 Å². The molecule has 3 fully saturated rings. The Morgan fingerprint density at radius 3 is 2.55 bits per heavy atom. The minimum absolute atomic E-state index is 0.0185. The summed E-state index contributed by atoms with van der Waals surface area (Å²) < 4.78 is 4.97. The van der Waals surface area contributed by atoms with Crippen molar-refractivity contribution in [3.63, 3.8) is 0 Å². The number of Topliss-reactive ketones (excluding diaryl/α,β-unsaturated/α-hetero) is 1. The van der Waals surface area contributed by atoms with Crippen molar-refractivity contribution in [1.29, 1.82) is 0 Å². The first-order valence-electron chi connectivity index (χ1n) is 12.0. The van der Waals surface area contributed by atoms with E-state index in [1.165, 1.54) is 0 Å². The van der Waals surface area contributed by atoms with E-state index in [0.29, 0.717) is 12.8 Å². The van der Waals surface area contributed by atoms with Gasteiger partial charge in [0.05, 0.1) is 18.9 Å². The number of carbonyl (C=O) groups excluding carboxylic acids is 3. The maximum absolute atomic E-state index is 13.1. The fraction of sp³-hybridized carbons (Fsp3) is 0.760. The van der Waals surface area contributed by atoms with Crippen molar-refractivity contribution in [3.05, 3.63) is 11.6 Å². The highest BCUT2D eigenvalue weighted by molar-refractivity contribution is 5.92. The zero-order valence-corrected chi connectivity index (χ0v) is 19.3. The molecule has 4 rings (SSSR count). The highest BCUT2D eigenvalue weighted by atomic mass is 16.5. The van der Waals surface area contributed by atoms with Crippen molar-refractivity contribution in [1.82, 2.24) is 0 Å². The number of hydrogen-bond donors (Lipinski definition) is 3. The lowest BCUT2D eigenvalue weighted by atomic mass is 9.45. The first kappa shape index (κ1) is 24.1. The number of aliphatic carboxylic acids is 1. The van der Waals surface area contributed by atoms with Crippen molar-refractivity contribution < 1.29 is 39.2 Å². The van der Waals surface area contributed by atoms with Crippen LogP contribution >= 0.6 is 0 Å². The molecule has 0 aromatic heterocycles. The molecule has 0 unspecified atom stereocenters. The van der Waals surface area contributed by atoms with E-state index in [9.17, 15) is 29.4 Å². The summed E-state index contributed by atoms with van der Waals surface area (Å²) in [4.78, 5) is 47.5. The van der Waals surface area contributed by atoms with Crippen molar-refractivity contribution in [2.45, 2.75) is 83.3 Å². The number of carboxylic acids is 1. The van der Waals surface area contributed by atoms with Crippen molar-refractivity contribution in [2.75, 3.05) is 6.61 Å². The van der Waals surface area contributed by atoms with Gasteiger partial charge in [0.2, 0.25) is 5.78 Å². The molecule has 3 saturated carbocycles. The normalized spacial score (nSPS) is 41.9. The van der Waals surface area contributed by atoms with E-state index in [1.807, 2.05) is 6.92 Å². The van der Waals surface area contributed by atoms with E-state index in [2.05, 4.69) is 6.92 Å². The van der Waals surface area contributed by atoms with Gasteiger partial charge in [-0.3, -0.25) is 19.2 Å². The predicted octanol–water partition coefficient (Wildman–Crippen LogP) is 2.20. The summed E-state index contributed by atoms with van der Waals surface area (Å²) in [6.07, 6.45) is 4.30. The zero-order valence-electron chi connectivity index (χ0n) is 19.3. The van der Waals surface area contributed by atoms with Crippen molar-refractivity contribution in [3.8, 4) is 0 Å². The molecule has 33 heavy (non-hydrogen) atoms. The third-order valence-corrected chi connectivity index (χ3v) is 9.42. The van der Waals surface area contributed by atoms with Crippen LogP contribution in [0.15, 0.2) is 11.6 Å². The minimum Gasteiger partial charge on any atom is -0.481 e. The smallest absolute Gasteiger partial charge is 0.306 e. The zero-order chi connectivity index (χ0) is 24.2. The third kappa shape index (κ3) is 3.75. The van der Waals surface area contributed by atoms with Crippen molar-refractivity contribution >= 4 is 23.5 Å². The molecule has 0 aliphatic heterocycles. The molecule has 0 aromatic carbocycles. The molecule has 4 aliphatic carbocycles. The molecule has 8 heteroatoms. The molecule has 4 aliphatic rings. The van der Waals surface area contributed by atoms with E-state index in [0.717, 1.165) is 24.8 Å². The fourth-order valence-corrected chi connectivity index (χ4v) is 7.70. The largest absolute Gasteiger partial charge is 0.481 e. The second-order valence-electron chi connectivity index (χ2n) is 11.0. The number of rotatable bonds is 6. The highest BCUT2D eigenvalue weighted by Crippen LogP contribution is 2.67. The van der Waals surface area contributed by atoms with E-state index in [1.54, 1.807) is 6.08 Å². The third-order valence-electron chi connectivity index (χ3n) is 9.42. The first-order valence-corrected chi connectivity index (χ1v) is 12.0. The number of fused-ring (bicyclic) bond motifs is 5. The molecule has 0 saturated heterocycles. The van der Waals surface area contributed by atoms with Crippen LogP contribution < -0.4 is 0 Å². The van der Waals surface area contributed by atoms with Crippen LogP contribution in [0.3, 0.4) is 0 Å². The standard InChI is InChI=1S/C25H34O8/c1-23-9-7-15(26)11-14(23)3-4-16-17-8-10-25(32,24(17,2)12-18(27)22(16)23)19(28)13-33-21(31)6-5-20(29)30/h11,16-18,22,27,32H,3-10,12-13H2,1-2H3,(H,29,30)/t16-,17-,18+,22+,23-,24-,25+/m0/s1. The molecule has 0 amide bonds. The van der Waals surface area contributed by atoms with Crippen LogP contribution in [0.5, 0.6) is 0 Å². The lowest BCUT2D eigenvalue weighted by molar-refractivity contribution is -0.184. The molecule has 0 heterocycles. The summed E-state index contributed by atoms with van der Waals surface area (Å²) in [5, 5.41) is 31.6. The maximum Gasteiger partial charge on any atom is 0.306 e. The van der Waals surface area contributed by atoms with E-state index in [-0.39, 0.29) is 54.6 Å². The molecule has 0 radical (unpaired) electrons. The second kappa shape index (κ2) is 8.31. The summed E-state index contributed by atoms with van der Waals surface area (Å²) in [7, 11) is 0. The Hall–Kier alpha value is -2.06. The average molecular weight is 463 g/mol. The lowest BCUT2D eigenvalue weighted by Gasteiger charge is -2.60. The van der Waals surface area contributed by atoms with E-state index < -0.39 is 41.4 Å². The molecule has 182 valence electrons. The molecule has 7 atom stereocenters. The number of allylic oxidation sites excluding steroid dienone is 1. The Balaban J connectivity index is 1.53. The highest BCUT2D eigenvalue weighted by Gasteiger charge is 2.68. The van der Waals surface area contributed by atoms with Gasteiger partial charge < -0.3 is 20.1 Å². The molecular formula is C25H34O8. The monoisotopic (exact) mass is 462 g/mol. The van der Waals surface area contributed by atoms with Gasteiger partial charge in [-0.05, 0) is 67.8 Å². The van der Waals surface area contributed by atoms with Gasteiger partial charge in [-0.15, -0.1) is 0 Å². The number of carboxylic acid groups (broad SMARTS) is 1. The van der Waals surface area contributed by atoms with Gasteiger partial charge in [-0.25, -0.2) is 0 Å². The Morgan fingerprint density at radius 1 is 1.12 bits per heavy atom. The summed E-state index contributed by atoms with van der Waals surface area (Å²) in [5.74, 6) is -2.20. The lowest BCUT2D eigenvalue weighted by Crippen LogP contribution is -2.62. The summed E-state index contributed by atoms with van der Waals surface area (Å²) >= 11 is 0. The van der Waals surface area contributed by atoms with Gasteiger partial charge in [0.15, 0.2) is 12.4 Å². The number of aliphatic hydroxyl groups is 2. The number of aliphatic hydroxyl groups excluding tert-OH is 1. The molecule has 0 spiro atoms. The Kier molecular flexibility index (Phi) is 6.06. The Morgan fingerprint density at radius 2 is 1.85 bits per heavy atom. The van der Waals surface area contributed by atoms with Gasteiger partial charge in [0.1, 0.15) is 5.60 Å². The average Bonchev–Trinajstić information content (AvgIpc) is 3.02. The molecular weight excluding hydrogens is 428 g/mol. The Bertz CT molecular complexity index is 908.